The number of rotatable bonds is 6. The molecule has 2 nitrogen and oxygen atoms in total. The van der Waals surface area contributed by atoms with Crippen LogP contribution in [-0.2, 0) is 10.8 Å². The fraction of sp³-hybridized carbons (Fsp3) is 1.00. The molecule has 0 saturated heterocycles. The highest BCUT2D eigenvalue weighted by Crippen LogP contribution is 2.00. The summed E-state index contributed by atoms with van der Waals surface area (Å²) < 4.78 is 11.2. The zero-order chi connectivity index (χ0) is 8.69. The first-order valence-electron chi connectivity index (χ1n) is 4.16. The molecule has 0 fully saturated rings. The average Bonchev–Trinajstić information content (AvgIpc) is 1.97. The molecule has 3 heteroatoms. The Morgan fingerprint density at radius 2 is 1.91 bits per heavy atom. The zero-order valence-corrected chi connectivity index (χ0v) is 8.19. The van der Waals surface area contributed by atoms with E-state index >= 15 is 0 Å². The summed E-state index contributed by atoms with van der Waals surface area (Å²) >= 11 is 0. The lowest BCUT2D eigenvalue weighted by Crippen LogP contribution is -2.09. The van der Waals surface area contributed by atoms with Crippen molar-refractivity contribution >= 4 is 10.8 Å². The number of hydrogen-bond acceptors (Lipinski definition) is 2. The third-order valence-corrected chi connectivity index (χ3v) is 3.27. The average molecular weight is 178 g/mol. The van der Waals surface area contributed by atoms with E-state index in [2.05, 4.69) is 0 Å². The van der Waals surface area contributed by atoms with Gasteiger partial charge in [0.15, 0.2) is 0 Å². The molecule has 68 valence electrons. The van der Waals surface area contributed by atoms with Crippen LogP contribution in [0.4, 0.5) is 0 Å². The Hall–Kier alpha value is 0.110. The van der Waals surface area contributed by atoms with Crippen molar-refractivity contribution in [1.29, 1.82) is 0 Å². The van der Waals surface area contributed by atoms with Crippen molar-refractivity contribution in [2.24, 2.45) is 0 Å². The molecule has 0 saturated carbocycles. The maximum Gasteiger partial charge on any atom is 0.0431 e. The predicted octanol–water partition coefficient (Wildman–Crippen LogP) is 1.31. The van der Waals surface area contributed by atoms with Gasteiger partial charge < -0.3 is 5.11 Å². The number of aliphatic hydroxyl groups is 1. The summed E-state index contributed by atoms with van der Waals surface area (Å²) in [7, 11) is -0.657. The summed E-state index contributed by atoms with van der Waals surface area (Å²) in [6, 6.07) is 0. The van der Waals surface area contributed by atoms with E-state index in [1.165, 1.54) is 0 Å². The van der Waals surface area contributed by atoms with E-state index in [9.17, 15) is 4.21 Å². The van der Waals surface area contributed by atoms with Crippen LogP contribution in [0.1, 0.15) is 33.1 Å². The van der Waals surface area contributed by atoms with Crippen molar-refractivity contribution in [3.63, 3.8) is 0 Å². The van der Waals surface area contributed by atoms with Crippen LogP contribution in [0.2, 0.25) is 0 Å². The van der Waals surface area contributed by atoms with Gasteiger partial charge in [-0.3, -0.25) is 4.21 Å². The van der Waals surface area contributed by atoms with Gasteiger partial charge in [-0.1, -0.05) is 20.3 Å². The number of unbranched alkanes of at least 4 members (excludes halogenated alkanes) is 2. The molecule has 0 heterocycles. The number of hydrogen-bond donors (Lipinski definition) is 1. The van der Waals surface area contributed by atoms with Crippen LogP contribution in [-0.4, -0.2) is 26.9 Å². The van der Waals surface area contributed by atoms with E-state index in [0.717, 1.165) is 25.0 Å². The van der Waals surface area contributed by atoms with Crippen LogP contribution in [0.25, 0.3) is 0 Å². The van der Waals surface area contributed by atoms with Gasteiger partial charge >= 0.3 is 0 Å². The maximum absolute atomic E-state index is 11.2. The SMILES string of the molecule is CC(C)S(=O)CCCCCO. The molecule has 0 spiro atoms. The van der Waals surface area contributed by atoms with Gasteiger partial charge in [-0.2, -0.15) is 0 Å². The molecular weight excluding hydrogens is 160 g/mol. The zero-order valence-electron chi connectivity index (χ0n) is 7.38. The highest BCUT2D eigenvalue weighted by atomic mass is 32.2. The van der Waals surface area contributed by atoms with E-state index < -0.39 is 10.8 Å². The molecule has 0 amide bonds. The van der Waals surface area contributed by atoms with Gasteiger partial charge in [-0.15, -0.1) is 0 Å². The minimum Gasteiger partial charge on any atom is -0.396 e. The first-order chi connectivity index (χ1) is 5.18. The lowest BCUT2D eigenvalue weighted by atomic mass is 10.3. The van der Waals surface area contributed by atoms with Gasteiger partial charge in [0.05, 0.1) is 0 Å². The van der Waals surface area contributed by atoms with Crippen LogP contribution < -0.4 is 0 Å². The standard InChI is InChI=1S/C8H18O2S/c1-8(2)11(10)7-5-3-4-6-9/h8-9H,3-7H2,1-2H3. The fourth-order valence-electron chi connectivity index (χ4n) is 0.769. The Kier molecular flexibility index (Phi) is 6.87. The van der Waals surface area contributed by atoms with Gasteiger partial charge in [0.2, 0.25) is 0 Å². The second-order valence-electron chi connectivity index (χ2n) is 2.92. The van der Waals surface area contributed by atoms with E-state index in [4.69, 9.17) is 5.11 Å². The highest BCUT2D eigenvalue weighted by molar-refractivity contribution is 7.85. The van der Waals surface area contributed by atoms with Gasteiger partial charge in [-0.25, -0.2) is 0 Å². The second kappa shape index (κ2) is 6.80. The normalized spacial score (nSPS) is 13.8. The Morgan fingerprint density at radius 1 is 1.27 bits per heavy atom. The Labute approximate surface area is 71.5 Å². The molecule has 0 radical (unpaired) electrons. The monoisotopic (exact) mass is 178 g/mol. The van der Waals surface area contributed by atoms with Crippen LogP contribution in [0.15, 0.2) is 0 Å². The molecule has 1 unspecified atom stereocenters. The molecule has 0 aromatic heterocycles. The van der Waals surface area contributed by atoms with E-state index in [1.807, 2.05) is 13.8 Å². The molecule has 0 aromatic rings. The molecule has 1 atom stereocenters. The molecule has 0 aliphatic heterocycles. The Morgan fingerprint density at radius 3 is 2.36 bits per heavy atom. The summed E-state index contributed by atoms with van der Waals surface area (Å²) in [6.07, 6.45) is 2.82. The summed E-state index contributed by atoms with van der Waals surface area (Å²) in [6.45, 7) is 4.21. The van der Waals surface area contributed by atoms with Crippen LogP contribution in [0, 0.1) is 0 Å². The van der Waals surface area contributed by atoms with Crippen molar-refractivity contribution in [1.82, 2.24) is 0 Å². The molecule has 1 N–H and O–H groups in total. The molecule has 0 aliphatic rings. The first-order valence-corrected chi connectivity index (χ1v) is 5.54. The lowest BCUT2D eigenvalue weighted by molar-refractivity contribution is 0.284. The second-order valence-corrected chi connectivity index (χ2v) is 5.03. The van der Waals surface area contributed by atoms with Gasteiger partial charge in [-0.05, 0) is 12.8 Å². The fourth-order valence-corrected chi connectivity index (χ4v) is 1.73. The first kappa shape index (κ1) is 11.1. The summed E-state index contributed by atoms with van der Waals surface area (Å²) in [4.78, 5) is 0. The molecule has 11 heavy (non-hydrogen) atoms. The molecule has 0 bridgehead atoms. The minimum absolute atomic E-state index is 0.258. The van der Waals surface area contributed by atoms with Crippen molar-refractivity contribution in [2.75, 3.05) is 12.4 Å². The smallest absolute Gasteiger partial charge is 0.0431 e. The molecular formula is C8H18O2S. The van der Waals surface area contributed by atoms with Crippen LogP contribution >= 0.6 is 0 Å². The lowest BCUT2D eigenvalue weighted by Gasteiger charge is -2.03. The van der Waals surface area contributed by atoms with Crippen LogP contribution in [0.5, 0.6) is 0 Å². The van der Waals surface area contributed by atoms with Crippen molar-refractivity contribution < 1.29 is 9.32 Å². The van der Waals surface area contributed by atoms with Crippen molar-refractivity contribution in [2.45, 2.75) is 38.4 Å². The van der Waals surface area contributed by atoms with Crippen LogP contribution in [0.3, 0.4) is 0 Å². The van der Waals surface area contributed by atoms with Gasteiger partial charge in [0.25, 0.3) is 0 Å². The topological polar surface area (TPSA) is 37.3 Å². The highest BCUT2D eigenvalue weighted by Gasteiger charge is 2.03. The van der Waals surface area contributed by atoms with Gasteiger partial charge in [0, 0.05) is 28.4 Å². The summed E-state index contributed by atoms with van der Waals surface area (Å²) in [5, 5.41) is 8.75. The summed E-state index contributed by atoms with van der Waals surface area (Å²) in [5.74, 6) is 0.789. The Bertz CT molecular complexity index is 113. The summed E-state index contributed by atoms with van der Waals surface area (Å²) in [5.41, 5.74) is 0. The predicted molar refractivity (Wildman–Crippen MR) is 49.1 cm³/mol. The van der Waals surface area contributed by atoms with Gasteiger partial charge in [0.1, 0.15) is 0 Å². The molecule has 0 rings (SSSR count). The third kappa shape index (κ3) is 6.51. The van der Waals surface area contributed by atoms with E-state index in [1.54, 1.807) is 0 Å². The quantitative estimate of drug-likeness (QED) is 0.623. The minimum atomic E-state index is -0.657. The largest absolute Gasteiger partial charge is 0.396 e. The van der Waals surface area contributed by atoms with Crippen molar-refractivity contribution in [3.8, 4) is 0 Å². The van der Waals surface area contributed by atoms with Crippen molar-refractivity contribution in [3.05, 3.63) is 0 Å². The third-order valence-electron chi connectivity index (χ3n) is 1.53. The van der Waals surface area contributed by atoms with E-state index in [0.29, 0.717) is 0 Å². The number of aliphatic hydroxyl groups excluding tert-OH is 1. The molecule has 0 aliphatic carbocycles. The Balaban J connectivity index is 3.18. The maximum atomic E-state index is 11.2. The molecule has 0 aromatic carbocycles. The van der Waals surface area contributed by atoms with E-state index in [-0.39, 0.29) is 11.9 Å².